The first-order chi connectivity index (χ1) is 11.3. The van der Waals surface area contributed by atoms with Gasteiger partial charge in [-0.1, -0.05) is 12.1 Å². The molecule has 124 valence electrons. The van der Waals surface area contributed by atoms with Crippen molar-refractivity contribution in [3.8, 4) is 0 Å². The number of aliphatic hydroxyl groups excluding tert-OH is 1. The molecule has 1 atom stereocenters. The van der Waals surface area contributed by atoms with Crippen LogP contribution in [0.3, 0.4) is 0 Å². The second-order valence-electron chi connectivity index (χ2n) is 6.13. The topological polar surface area (TPSA) is 41.3 Å². The van der Waals surface area contributed by atoms with Crippen LogP contribution in [0.1, 0.15) is 30.0 Å². The Labute approximate surface area is 142 Å². The summed E-state index contributed by atoms with van der Waals surface area (Å²) in [6.07, 6.45) is 6.39. The number of hydrogen-bond acceptors (Lipinski definition) is 4. The molecule has 1 aliphatic heterocycles. The van der Waals surface area contributed by atoms with E-state index < -0.39 is 0 Å². The van der Waals surface area contributed by atoms with E-state index in [1.165, 1.54) is 29.0 Å². The number of aromatic nitrogens is 2. The molecular formula is C18H25N3OS. The van der Waals surface area contributed by atoms with Gasteiger partial charge in [0.05, 0.1) is 13.2 Å². The summed E-state index contributed by atoms with van der Waals surface area (Å²) in [5.74, 6) is 0.517. The minimum Gasteiger partial charge on any atom is -0.394 e. The molecule has 1 saturated heterocycles. The zero-order valence-electron chi connectivity index (χ0n) is 13.7. The van der Waals surface area contributed by atoms with Gasteiger partial charge < -0.3 is 5.11 Å². The molecule has 1 aliphatic rings. The molecule has 2 heterocycles. The van der Waals surface area contributed by atoms with Crippen molar-refractivity contribution in [2.45, 2.75) is 36.7 Å². The third-order valence-electron chi connectivity index (χ3n) is 4.55. The van der Waals surface area contributed by atoms with Crippen LogP contribution >= 0.6 is 11.8 Å². The molecule has 2 aromatic rings. The van der Waals surface area contributed by atoms with Crippen LogP contribution in [-0.2, 0) is 13.1 Å². The lowest BCUT2D eigenvalue weighted by molar-refractivity contribution is 0.193. The zero-order valence-corrected chi connectivity index (χ0v) is 14.5. The fraction of sp³-hybridized carbons (Fsp3) is 0.500. The fourth-order valence-corrected chi connectivity index (χ4v) is 3.81. The average Bonchev–Trinajstić information content (AvgIpc) is 3.04. The van der Waals surface area contributed by atoms with Crippen LogP contribution in [0.5, 0.6) is 0 Å². The molecule has 4 nitrogen and oxygen atoms in total. The second kappa shape index (κ2) is 7.99. The van der Waals surface area contributed by atoms with Crippen molar-refractivity contribution in [3.63, 3.8) is 0 Å². The number of nitrogens with zero attached hydrogens (tertiary/aromatic N) is 3. The summed E-state index contributed by atoms with van der Waals surface area (Å²) in [5, 5.41) is 13.5. The molecule has 1 aromatic heterocycles. The molecule has 0 aliphatic carbocycles. The fourth-order valence-electron chi connectivity index (χ4n) is 3.40. The maximum Gasteiger partial charge on any atom is 0.0644 e. The number of hydrogen-bond donors (Lipinski definition) is 1. The quantitative estimate of drug-likeness (QED) is 0.826. The first kappa shape index (κ1) is 16.6. The molecule has 0 amide bonds. The SMILES string of the molecule is CSc1ccc(CN2CCC[C@@H](c3ccnn3CCO)C2)cc1. The first-order valence-electron chi connectivity index (χ1n) is 8.28. The molecule has 1 fully saturated rings. The lowest BCUT2D eigenvalue weighted by Crippen LogP contribution is -2.34. The van der Waals surface area contributed by atoms with Crippen molar-refractivity contribution in [1.82, 2.24) is 14.7 Å². The van der Waals surface area contributed by atoms with E-state index in [1.54, 1.807) is 11.8 Å². The average molecular weight is 331 g/mol. The maximum atomic E-state index is 9.18. The van der Waals surface area contributed by atoms with E-state index in [0.717, 1.165) is 19.6 Å². The van der Waals surface area contributed by atoms with Crippen LogP contribution in [0.15, 0.2) is 41.4 Å². The third-order valence-corrected chi connectivity index (χ3v) is 5.29. The molecule has 5 heteroatoms. The molecule has 23 heavy (non-hydrogen) atoms. The van der Waals surface area contributed by atoms with E-state index >= 15 is 0 Å². The molecule has 1 aromatic carbocycles. The zero-order chi connectivity index (χ0) is 16.1. The summed E-state index contributed by atoms with van der Waals surface area (Å²) in [7, 11) is 0. The Morgan fingerprint density at radius 3 is 2.83 bits per heavy atom. The van der Waals surface area contributed by atoms with Gasteiger partial charge in [0.25, 0.3) is 0 Å². The lowest BCUT2D eigenvalue weighted by Gasteiger charge is -2.33. The van der Waals surface area contributed by atoms with Crippen LogP contribution in [0.4, 0.5) is 0 Å². The smallest absolute Gasteiger partial charge is 0.0644 e. The molecule has 0 spiro atoms. The van der Waals surface area contributed by atoms with Gasteiger partial charge in [0.2, 0.25) is 0 Å². The Morgan fingerprint density at radius 1 is 1.26 bits per heavy atom. The van der Waals surface area contributed by atoms with Gasteiger partial charge in [-0.2, -0.15) is 5.10 Å². The molecule has 0 unspecified atom stereocenters. The van der Waals surface area contributed by atoms with Crippen LogP contribution in [0, 0.1) is 0 Å². The van der Waals surface area contributed by atoms with Crippen LogP contribution < -0.4 is 0 Å². The van der Waals surface area contributed by atoms with Crippen molar-refractivity contribution in [1.29, 1.82) is 0 Å². The molecular weight excluding hydrogens is 306 g/mol. The molecule has 0 bridgehead atoms. The van der Waals surface area contributed by atoms with Crippen LogP contribution in [-0.4, -0.2) is 45.7 Å². The summed E-state index contributed by atoms with van der Waals surface area (Å²) in [5.41, 5.74) is 2.65. The number of benzene rings is 1. The molecule has 3 rings (SSSR count). The van der Waals surface area contributed by atoms with E-state index in [1.807, 2.05) is 10.9 Å². The van der Waals surface area contributed by atoms with Crippen LogP contribution in [0.25, 0.3) is 0 Å². The highest BCUT2D eigenvalue weighted by atomic mass is 32.2. The number of thioether (sulfide) groups is 1. The normalized spacial score (nSPS) is 19.1. The monoisotopic (exact) mass is 331 g/mol. The van der Waals surface area contributed by atoms with Gasteiger partial charge in [0, 0.05) is 35.8 Å². The Kier molecular flexibility index (Phi) is 5.75. The Bertz CT molecular complexity index is 611. The third kappa shape index (κ3) is 4.16. The highest BCUT2D eigenvalue weighted by Gasteiger charge is 2.23. The highest BCUT2D eigenvalue weighted by Crippen LogP contribution is 2.28. The standard InChI is InChI=1S/C18H25N3OS/c1-23-17-6-4-15(5-7-17)13-20-10-2-3-16(14-20)18-8-9-19-21(18)11-12-22/h4-9,16,22H,2-3,10-14H2,1H3/t16-/m1/s1. The minimum absolute atomic E-state index is 0.146. The summed E-state index contributed by atoms with van der Waals surface area (Å²) < 4.78 is 1.96. The maximum absolute atomic E-state index is 9.18. The molecule has 0 radical (unpaired) electrons. The largest absolute Gasteiger partial charge is 0.394 e. The molecule has 1 N–H and O–H groups in total. The van der Waals surface area contributed by atoms with Crippen LogP contribution in [0.2, 0.25) is 0 Å². The highest BCUT2D eigenvalue weighted by molar-refractivity contribution is 7.98. The summed E-state index contributed by atoms with van der Waals surface area (Å²) in [4.78, 5) is 3.86. The summed E-state index contributed by atoms with van der Waals surface area (Å²) >= 11 is 1.78. The Hall–Kier alpha value is -1.30. The van der Waals surface area contributed by atoms with Gasteiger partial charge in [-0.3, -0.25) is 9.58 Å². The number of likely N-dealkylation sites (tertiary alicyclic amines) is 1. The predicted molar refractivity (Wildman–Crippen MR) is 94.8 cm³/mol. The van der Waals surface area contributed by atoms with E-state index in [-0.39, 0.29) is 6.61 Å². The van der Waals surface area contributed by atoms with E-state index in [9.17, 15) is 5.11 Å². The van der Waals surface area contributed by atoms with Gasteiger partial charge in [-0.05, 0) is 49.4 Å². The van der Waals surface area contributed by atoms with Gasteiger partial charge in [-0.25, -0.2) is 0 Å². The van der Waals surface area contributed by atoms with Gasteiger partial charge in [-0.15, -0.1) is 11.8 Å². The van der Waals surface area contributed by atoms with Crippen molar-refractivity contribution in [3.05, 3.63) is 47.8 Å². The van der Waals surface area contributed by atoms with E-state index in [2.05, 4.69) is 46.6 Å². The van der Waals surface area contributed by atoms with Crippen molar-refractivity contribution >= 4 is 11.8 Å². The molecule has 0 saturated carbocycles. The van der Waals surface area contributed by atoms with Gasteiger partial charge >= 0.3 is 0 Å². The summed E-state index contributed by atoms with van der Waals surface area (Å²) in [6, 6.07) is 11.0. The number of aliphatic hydroxyl groups is 1. The van der Waals surface area contributed by atoms with Gasteiger partial charge in [0.15, 0.2) is 0 Å². The number of piperidine rings is 1. The lowest BCUT2D eigenvalue weighted by atomic mass is 9.94. The number of rotatable bonds is 6. The van der Waals surface area contributed by atoms with Crippen molar-refractivity contribution in [2.75, 3.05) is 26.0 Å². The van der Waals surface area contributed by atoms with Crippen molar-refractivity contribution < 1.29 is 5.11 Å². The van der Waals surface area contributed by atoms with Crippen molar-refractivity contribution in [2.24, 2.45) is 0 Å². The Balaban J connectivity index is 1.64. The van der Waals surface area contributed by atoms with E-state index in [0.29, 0.717) is 12.5 Å². The van der Waals surface area contributed by atoms with E-state index in [4.69, 9.17) is 0 Å². The first-order valence-corrected chi connectivity index (χ1v) is 9.50. The second-order valence-corrected chi connectivity index (χ2v) is 7.00. The predicted octanol–water partition coefficient (Wildman–Crippen LogP) is 2.98. The van der Waals surface area contributed by atoms with Gasteiger partial charge in [0.1, 0.15) is 0 Å². The Morgan fingerprint density at radius 2 is 2.09 bits per heavy atom. The minimum atomic E-state index is 0.146. The summed E-state index contributed by atoms with van der Waals surface area (Å²) in [6.45, 7) is 3.98.